The Morgan fingerprint density at radius 3 is 2.31 bits per heavy atom. The van der Waals surface area contributed by atoms with Crippen LogP contribution in [0.1, 0.15) is 16.8 Å². The lowest BCUT2D eigenvalue weighted by Gasteiger charge is -2.18. The monoisotopic (exact) mass is 426 g/mol. The van der Waals surface area contributed by atoms with Gasteiger partial charge >= 0.3 is 0 Å². The van der Waals surface area contributed by atoms with Crippen molar-refractivity contribution >= 4 is 52.3 Å². The Labute approximate surface area is 177 Å². The van der Waals surface area contributed by atoms with Gasteiger partial charge in [-0.15, -0.1) is 0 Å². The van der Waals surface area contributed by atoms with Gasteiger partial charge < -0.3 is 5.32 Å². The lowest BCUT2D eigenvalue weighted by atomic mass is 9.85. The topological polar surface area (TPSA) is 66.5 Å². The largest absolute Gasteiger partial charge is 0.321 e. The predicted octanol–water partition coefficient (Wildman–Crippen LogP) is 4.56. The molecule has 2 fully saturated rings. The molecular formula is C22H16Cl2N2O3. The summed E-state index contributed by atoms with van der Waals surface area (Å²) >= 11 is 12.0. The molecule has 2 aliphatic carbocycles. The molecule has 5 rings (SSSR count). The fourth-order valence-electron chi connectivity index (χ4n) is 4.73. The number of hydrogen-bond acceptors (Lipinski definition) is 3. The summed E-state index contributed by atoms with van der Waals surface area (Å²) in [5, 5.41) is 3.52. The van der Waals surface area contributed by atoms with Gasteiger partial charge in [0, 0.05) is 10.6 Å². The summed E-state index contributed by atoms with van der Waals surface area (Å²) in [6.07, 6.45) is 4.99. The van der Waals surface area contributed by atoms with Crippen LogP contribution in [0.25, 0.3) is 0 Å². The maximum atomic E-state index is 13.0. The molecule has 1 N–H and O–H groups in total. The van der Waals surface area contributed by atoms with Crippen LogP contribution in [0.15, 0.2) is 54.6 Å². The van der Waals surface area contributed by atoms with Crippen molar-refractivity contribution in [3.05, 3.63) is 70.2 Å². The Hall–Kier alpha value is -2.63. The van der Waals surface area contributed by atoms with Crippen LogP contribution in [0.2, 0.25) is 10.0 Å². The van der Waals surface area contributed by atoms with Gasteiger partial charge in [0.25, 0.3) is 5.91 Å². The number of allylic oxidation sites excluding steroid dienone is 2. The number of carbonyl (C=O) groups excluding carboxylic acids is 3. The number of nitrogens with one attached hydrogen (secondary N) is 1. The molecule has 0 spiro atoms. The van der Waals surface area contributed by atoms with Crippen LogP contribution in [0.5, 0.6) is 0 Å². The number of hydrogen-bond donors (Lipinski definition) is 1. The van der Waals surface area contributed by atoms with E-state index in [9.17, 15) is 14.4 Å². The minimum absolute atomic E-state index is 0.143. The van der Waals surface area contributed by atoms with Crippen molar-refractivity contribution in [3.8, 4) is 0 Å². The van der Waals surface area contributed by atoms with E-state index in [1.54, 1.807) is 36.4 Å². The van der Waals surface area contributed by atoms with Crippen LogP contribution in [0.3, 0.4) is 0 Å². The second-order valence-electron chi connectivity index (χ2n) is 7.64. The van der Waals surface area contributed by atoms with E-state index in [-0.39, 0.29) is 35.5 Å². The molecule has 4 atom stereocenters. The minimum Gasteiger partial charge on any atom is -0.321 e. The molecule has 0 unspecified atom stereocenters. The van der Waals surface area contributed by atoms with Gasteiger partial charge in [-0.2, -0.15) is 0 Å². The van der Waals surface area contributed by atoms with Gasteiger partial charge in [-0.05, 0) is 54.7 Å². The van der Waals surface area contributed by atoms with Crippen molar-refractivity contribution in [1.82, 2.24) is 0 Å². The average molecular weight is 427 g/mol. The number of imide groups is 1. The molecule has 2 bridgehead atoms. The normalized spacial score (nSPS) is 26.9. The highest BCUT2D eigenvalue weighted by Gasteiger charge is 2.59. The number of nitrogens with zero attached hydrogens (tertiary/aromatic N) is 1. The Kier molecular flexibility index (Phi) is 4.26. The maximum absolute atomic E-state index is 13.0. The highest BCUT2D eigenvalue weighted by molar-refractivity contribution is 6.36. The molecule has 146 valence electrons. The Morgan fingerprint density at radius 1 is 0.966 bits per heavy atom. The summed E-state index contributed by atoms with van der Waals surface area (Å²) in [5.41, 5.74) is 1.17. The fourth-order valence-corrected chi connectivity index (χ4v) is 5.18. The summed E-state index contributed by atoms with van der Waals surface area (Å²) < 4.78 is 0. The van der Waals surface area contributed by atoms with Crippen molar-refractivity contribution in [3.63, 3.8) is 0 Å². The number of carbonyl (C=O) groups is 3. The molecule has 2 aromatic rings. The number of anilines is 2. The minimum atomic E-state index is -0.392. The molecule has 1 heterocycles. The smallest absolute Gasteiger partial charge is 0.255 e. The summed E-state index contributed by atoms with van der Waals surface area (Å²) in [5.74, 6) is -0.997. The number of halogens is 2. The van der Waals surface area contributed by atoms with Gasteiger partial charge in [0.05, 0.1) is 28.2 Å². The Morgan fingerprint density at radius 2 is 1.66 bits per heavy atom. The molecule has 2 aromatic carbocycles. The van der Waals surface area contributed by atoms with E-state index in [1.165, 1.54) is 11.0 Å². The van der Waals surface area contributed by atoms with Crippen LogP contribution in [0, 0.1) is 23.7 Å². The van der Waals surface area contributed by atoms with E-state index >= 15 is 0 Å². The van der Waals surface area contributed by atoms with Crippen molar-refractivity contribution in [2.75, 3.05) is 10.2 Å². The quantitative estimate of drug-likeness (QED) is 0.577. The highest BCUT2D eigenvalue weighted by atomic mass is 35.5. The van der Waals surface area contributed by atoms with Crippen molar-refractivity contribution in [1.29, 1.82) is 0 Å². The zero-order valence-corrected chi connectivity index (χ0v) is 16.7. The van der Waals surface area contributed by atoms with Gasteiger partial charge in [0.15, 0.2) is 0 Å². The van der Waals surface area contributed by atoms with Crippen LogP contribution >= 0.6 is 23.2 Å². The van der Waals surface area contributed by atoms with Crippen LogP contribution < -0.4 is 10.2 Å². The number of fused-ring (bicyclic) bond motifs is 5. The molecule has 1 saturated carbocycles. The Bertz CT molecular complexity index is 1070. The van der Waals surface area contributed by atoms with E-state index in [2.05, 4.69) is 17.5 Å². The third-order valence-electron chi connectivity index (χ3n) is 6.02. The zero-order chi connectivity index (χ0) is 20.3. The molecule has 7 heteroatoms. The maximum Gasteiger partial charge on any atom is 0.255 e. The SMILES string of the molecule is O=C(Nc1ccc(Cl)cc1Cl)c1cccc(N2C(=O)[C@@H]3[C@H](C2=O)[C@@H]2C=C[C@H]3C2)c1. The number of amides is 3. The van der Waals surface area contributed by atoms with Gasteiger partial charge in [0.2, 0.25) is 11.8 Å². The highest BCUT2D eigenvalue weighted by Crippen LogP contribution is 2.53. The lowest BCUT2D eigenvalue weighted by molar-refractivity contribution is -0.123. The molecule has 1 aliphatic heterocycles. The van der Waals surface area contributed by atoms with Gasteiger partial charge in [0.1, 0.15) is 0 Å². The molecule has 29 heavy (non-hydrogen) atoms. The standard InChI is InChI=1S/C22H16Cl2N2O3/c23-14-6-7-17(16(24)10-14)25-20(27)13-2-1-3-15(9-13)26-21(28)18-11-4-5-12(8-11)19(18)22(26)29/h1-7,9-12,18-19H,8H2,(H,25,27)/t11-,12+,18-,19+. The first-order valence-electron chi connectivity index (χ1n) is 9.36. The average Bonchev–Trinajstić information content (AvgIpc) is 3.38. The molecule has 1 saturated heterocycles. The summed E-state index contributed by atoms with van der Waals surface area (Å²) in [6, 6.07) is 11.3. The van der Waals surface area contributed by atoms with E-state index in [1.807, 2.05) is 0 Å². The van der Waals surface area contributed by atoms with E-state index < -0.39 is 5.91 Å². The van der Waals surface area contributed by atoms with Crippen LogP contribution in [-0.2, 0) is 9.59 Å². The molecule has 5 nitrogen and oxygen atoms in total. The first-order valence-corrected chi connectivity index (χ1v) is 10.1. The second-order valence-corrected chi connectivity index (χ2v) is 8.48. The molecule has 0 aromatic heterocycles. The van der Waals surface area contributed by atoms with Gasteiger partial charge in [-0.25, -0.2) is 4.90 Å². The third kappa shape index (κ3) is 2.88. The molecule has 3 amide bonds. The van der Waals surface area contributed by atoms with Gasteiger partial charge in [-0.3, -0.25) is 14.4 Å². The predicted molar refractivity (Wildman–Crippen MR) is 111 cm³/mol. The van der Waals surface area contributed by atoms with Crippen molar-refractivity contribution in [2.24, 2.45) is 23.7 Å². The van der Waals surface area contributed by atoms with E-state index in [4.69, 9.17) is 23.2 Å². The van der Waals surface area contributed by atoms with E-state index in [0.29, 0.717) is 27.0 Å². The van der Waals surface area contributed by atoms with Gasteiger partial charge in [-0.1, -0.05) is 41.4 Å². The Balaban J connectivity index is 1.41. The number of benzene rings is 2. The molecule has 0 radical (unpaired) electrons. The van der Waals surface area contributed by atoms with Crippen LogP contribution in [0.4, 0.5) is 11.4 Å². The van der Waals surface area contributed by atoms with E-state index in [0.717, 1.165) is 6.42 Å². The van der Waals surface area contributed by atoms with Crippen LogP contribution in [-0.4, -0.2) is 17.7 Å². The first-order chi connectivity index (χ1) is 13.9. The van der Waals surface area contributed by atoms with Crippen molar-refractivity contribution in [2.45, 2.75) is 6.42 Å². The summed E-state index contributed by atoms with van der Waals surface area (Å²) in [4.78, 5) is 39.9. The number of rotatable bonds is 3. The lowest BCUT2D eigenvalue weighted by Crippen LogP contribution is -2.33. The summed E-state index contributed by atoms with van der Waals surface area (Å²) in [6.45, 7) is 0. The summed E-state index contributed by atoms with van der Waals surface area (Å²) in [7, 11) is 0. The van der Waals surface area contributed by atoms with Crippen molar-refractivity contribution < 1.29 is 14.4 Å². The third-order valence-corrected chi connectivity index (χ3v) is 6.56. The zero-order valence-electron chi connectivity index (χ0n) is 15.1. The first kappa shape index (κ1) is 18.4. The molecule has 3 aliphatic rings. The molecular weight excluding hydrogens is 411 g/mol. The second kappa shape index (κ2) is 6.71. The fraction of sp³-hybridized carbons (Fsp3) is 0.227.